The Morgan fingerprint density at radius 3 is 2.22 bits per heavy atom. The van der Waals surface area contributed by atoms with Crippen molar-refractivity contribution in [1.29, 1.82) is 0 Å². The number of nitrogens with one attached hydrogen (secondary N) is 2. The summed E-state index contributed by atoms with van der Waals surface area (Å²) in [7, 11) is 0. The summed E-state index contributed by atoms with van der Waals surface area (Å²) in [5.41, 5.74) is 0.226. The first-order valence-corrected chi connectivity index (χ1v) is 7.41. The summed E-state index contributed by atoms with van der Waals surface area (Å²) in [4.78, 5) is 14.0. The van der Waals surface area contributed by atoms with Gasteiger partial charge < -0.3 is 15.5 Å². The SMILES string of the molecule is CCC(CC)(CC)NCCC(=O)N1CCNCC1. The average molecular weight is 255 g/mol. The van der Waals surface area contributed by atoms with Crippen LogP contribution in [0.25, 0.3) is 0 Å². The Labute approximate surface area is 111 Å². The maximum absolute atomic E-state index is 12.0. The molecule has 1 aliphatic rings. The predicted octanol–water partition coefficient (Wildman–Crippen LogP) is 1.37. The van der Waals surface area contributed by atoms with Crippen LogP contribution < -0.4 is 10.6 Å². The molecule has 1 fully saturated rings. The molecule has 18 heavy (non-hydrogen) atoms. The monoisotopic (exact) mass is 255 g/mol. The van der Waals surface area contributed by atoms with Crippen molar-refractivity contribution >= 4 is 5.91 Å². The fourth-order valence-corrected chi connectivity index (χ4v) is 2.63. The molecule has 0 radical (unpaired) electrons. The summed E-state index contributed by atoms with van der Waals surface area (Å²) < 4.78 is 0. The number of nitrogens with zero attached hydrogens (tertiary/aromatic N) is 1. The Bertz CT molecular complexity index is 237. The molecule has 0 unspecified atom stereocenters. The van der Waals surface area contributed by atoms with Gasteiger partial charge in [-0.25, -0.2) is 0 Å². The maximum Gasteiger partial charge on any atom is 0.223 e. The van der Waals surface area contributed by atoms with Crippen LogP contribution in [0.3, 0.4) is 0 Å². The summed E-state index contributed by atoms with van der Waals surface area (Å²) in [6.07, 6.45) is 4.01. The molecule has 1 rings (SSSR count). The highest BCUT2D eigenvalue weighted by molar-refractivity contribution is 5.76. The third-order valence-corrected chi connectivity index (χ3v) is 4.34. The predicted molar refractivity (Wildman–Crippen MR) is 75.7 cm³/mol. The Balaban J connectivity index is 2.29. The van der Waals surface area contributed by atoms with Crippen LogP contribution in [0.2, 0.25) is 0 Å². The van der Waals surface area contributed by atoms with Crippen molar-refractivity contribution in [2.75, 3.05) is 32.7 Å². The number of hydrogen-bond acceptors (Lipinski definition) is 3. The second-order valence-electron chi connectivity index (χ2n) is 5.15. The molecule has 0 spiro atoms. The lowest BCUT2D eigenvalue weighted by Gasteiger charge is -2.33. The highest BCUT2D eigenvalue weighted by Crippen LogP contribution is 2.18. The molecule has 4 nitrogen and oxygen atoms in total. The van der Waals surface area contributed by atoms with Gasteiger partial charge >= 0.3 is 0 Å². The second kappa shape index (κ2) is 7.74. The zero-order valence-corrected chi connectivity index (χ0v) is 12.2. The van der Waals surface area contributed by atoms with Gasteiger partial charge in [0, 0.05) is 44.7 Å². The minimum absolute atomic E-state index is 0.226. The molecular formula is C14H29N3O. The third-order valence-electron chi connectivity index (χ3n) is 4.34. The van der Waals surface area contributed by atoms with Gasteiger partial charge in [0.05, 0.1) is 0 Å². The standard InChI is InChI=1S/C14H29N3O/c1-4-14(5-2,6-3)16-8-7-13(18)17-11-9-15-10-12-17/h15-16H,4-12H2,1-3H3. The first kappa shape index (κ1) is 15.4. The highest BCUT2D eigenvalue weighted by atomic mass is 16.2. The van der Waals surface area contributed by atoms with Crippen LogP contribution in [0.1, 0.15) is 46.5 Å². The normalized spacial score (nSPS) is 16.9. The van der Waals surface area contributed by atoms with Crippen molar-refractivity contribution in [3.63, 3.8) is 0 Å². The molecular weight excluding hydrogens is 226 g/mol. The van der Waals surface area contributed by atoms with Gasteiger partial charge in [-0.1, -0.05) is 20.8 Å². The van der Waals surface area contributed by atoms with Crippen LogP contribution in [-0.4, -0.2) is 49.1 Å². The van der Waals surface area contributed by atoms with Crippen LogP contribution in [0.15, 0.2) is 0 Å². The second-order valence-corrected chi connectivity index (χ2v) is 5.15. The molecule has 0 aromatic rings. The lowest BCUT2D eigenvalue weighted by Crippen LogP contribution is -2.48. The van der Waals surface area contributed by atoms with E-state index in [-0.39, 0.29) is 5.54 Å². The first-order valence-electron chi connectivity index (χ1n) is 7.41. The van der Waals surface area contributed by atoms with E-state index in [9.17, 15) is 4.79 Å². The molecule has 1 saturated heterocycles. The van der Waals surface area contributed by atoms with Crippen LogP contribution >= 0.6 is 0 Å². The van der Waals surface area contributed by atoms with E-state index in [0.29, 0.717) is 12.3 Å². The van der Waals surface area contributed by atoms with E-state index in [1.807, 2.05) is 4.90 Å². The van der Waals surface area contributed by atoms with Crippen molar-refractivity contribution in [3.05, 3.63) is 0 Å². The molecule has 0 bridgehead atoms. The number of amides is 1. The summed E-state index contributed by atoms with van der Waals surface area (Å²) in [5, 5.41) is 6.86. The molecule has 1 aliphatic heterocycles. The molecule has 1 amide bonds. The fraction of sp³-hybridized carbons (Fsp3) is 0.929. The summed E-state index contributed by atoms with van der Waals surface area (Å²) >= 11 is 0. The van der Waals surface area contributed by atoms with E-state index in [0.717, 1.165) is 52.0 Å². The molecule has 0 aliphatic carbocycles. The largest absolute Gasteiger partial charge is 0.340 e. The number of carbonyl (C=O) groups excluding carboxylic acids is 1. The topological polar surface area (TPSA) is 44.4 Å². The molecule has 1 heterocycles. The lowest BCUT2D eigenvalue weighted by molar-refractivity contribution is -0.131. The summed E-state index contributed by atoms with van der Waals surface area (Å²) in [6, 6.07) is 0. The van der Waals surface area contributed by atoms with Crippen LogP contribution in [0.5, 0.6) is 0 Å². The van der Waals surface area contributed by atoms with E-state index >= 15 is 0 Å². The van der Waals surface area contributed by atoms with Crippen molar-refractivity contribution in [1.82, 2.24) is 15.5 Å². The Morgan fingerprint density at radius 1 is 1.17 bits per heavy atom. The number of rotatable bonds is 7. The van der Waals surface area contributed by atoms with E-state index < -0.39 is 0 Å². The lowest BCUT2D eigenvalue weighted by atomic mass is 9.90. The van der Waals surface area contributed by atoms with Gasteiger partial charge in [0.15, 0.2) is 0 Å². The summed E-state index contributed by atoms with van der Waals surface area (Å²) in [5.74, 6) is 0.293. The number of carbonyl (C=O) groups is 1. The van der Waals surface area contributed by atoms with Gasteiger partial charge in [-0.05, 0) is 19.3 Å². The molecule has 2 N–H and O–H groups in total. The molecule has 0 saturated carbocycles. The number of piperazine rings is 1. The van der Waals surface area contributed by atoms with Crippen molar-refractivity contribution in [2.45, 2.75) is 52.0 Å². The minimum Gasteiger partial charge on any atom is -0.340 e. The molecule has 0 atom stereocenters. The van der Waals surface area contributed by atoms with Crippen LogP contribution in [-0.2, 0) is 4.79 Å². The molecule has 0 aromatic carbocycles. The van der Waals surface area contributed by atoms with Gasteiger partial charge in [0.1, 0.15) is 0 Å². The highest BCUT2D eigenvalue weighted by Gasteiger charge is 2.23. The number of hydrogen-bond donors (Lipinski definition) is 2. The zero-order chi connectivity index (χ0) is 13.4. The fourth-order valence-electron chi connectivity index (χ4n) is 2.63. The quantitative estimate of drug-likeness (QED) is 0.722. The average Bonchev–Trinajstić information content (AvgIpc) is 2.45. The molecule has 0 aromatic heterocycles. The smallest absolute Gasteiger partial charge is 0.223 e. The van der Waals surface area contributed by atoms with Gasteiger partial charge in [-0.3, -0.25) is 4.79 Å². The van der Waals surface area contributed by atoms with Gasteiger partial charge in [0.2, 0.25) is 5.91 Å². The van der Waals surface area contributed by atoms with E-state index in [2.05, 4.69) is 31.4 Å². The molecule has 4 heteroatoms. The molecule has 106 valence electrons. The van der Waals surface area contributed by atoms with Crippen molar-refractivity contribution in [2.24, 2.45) is 0 Å². The van der Waals surface area contributed by atoms with E-state index in [1.165, 1.54) is 0 Å². The van der Waals surface area contributed by atoms with Gasteiger partial charge in [-0.2, -0.15) is 0 Å². The zero-order valence-electron chi connectivity index (χ0n) is 12.2. The maximum atomic E-state index is 12.0. The van der Waals surface area contributed by atoms with E-state index in [1.54, 1.807) is 0 Å². The van der Waals surface area contributed by atoms with Crippen molar-refractivity contribution < 1.29 is 4.79 Å². The van der Waals surface area contributed by atoms with Crippen LogP contribution in [0.4, 0.5) is 0 Å². The van der Waals surface area contributed by atoms with Gasteiger partial charge in [0.25, 0.3) is 0 Å². The van der Waals surface area contributed by atoms with Gasteiger partial charge in [-0.15, -0.1) is 0 Å². The van der Waals surface area contributed by atoms with Crippen LogP contribution in [0, 0.1) is 0 Å². The van der Waals surface area contributed by atoms with E-state index in [4.69, 9.17) is 0 Å². The summed E-state index contributed by atoms with van der Waals surface area (Å²) in [6.45, 7) is 11.1. The third kappa shape index (κ3) is 4.25. The Kier molecular flexibility index (Phi) is 6.65. The van der Waals surface area contributed by atoms with Crippen molar-refractivity contribution in [3.8, 4) is 0 Å². The first-order chi connectivity index (χ1) is 8.67. The Hall–Kier alpha value is -0.610. The minimum atomic E-state index is 0.226. The Morgan fingerprint density at radius 2 is 1.72 bits per heavy atom.